The summed E-state index contributed by atoms with van der Waals surface area (Å²) in [5, 5.41) is 12.5. The number of hydrogen-bond donors (Lipinski definition) is 1. The average Bonchev–Trinajstić information content (AvgIpc) is 2.65. The van der Waals surface area contributed by atoms with Gasteiger partial charge in [0.05, 0.1) is 23.8 Å². The molecule has 1 aliphatic rings. The quantitative estimate of drug-likeness (QED) is 0.702. The molecule has 0 unspecified atom stereocenters. The van der Waals surface area contributed by atoms with Crippen LogP contribution in [0.25, 0.3) is 0 Å². The summed E-state index contributed by atoms with van der Waals surface area (Å²) in [5.41, 5.74) is 4.58. The molecule has 1 amide bonds. The Morgan fingerprint density at radius 2 is 2.07 bits per heavy atom. The van der Waals surface area contributed by atoms with Crippen molar-refractivity contribution in [2.24, 2.45) is 5.10 Å². The number of carbonyl (C=O) groups is 1. The van der Waals surface area contributed by atoms with Crippen molar-refractivity contribution >= 4 is 11.6 Å². The number of hydrazone groups is 1. The van der Waals surface area contributed by atoms with E-state index in [0.29, 0.717) is 12.0 Å². The van der Waals surface area contributed by atoms with Crippen molar-refractivity contribution in [3.8, 4) is 6.07 Å². The Morgan fingerprint density at radius 1 is 1.36 bits per heavy atom. The van der Waals surface area contributed by atoms with Gasteiger partial charge in [-0.05, 0) is 17.7 Å². The van der Waals surface area contributed by atoms with Crippen LogP contribution in [0.2, 0.25) is 0 Å². The van der Waals surface area contributed by atoms with Crippen molar-refractivity contribution in [1.82, 2.24) is 5.43 Å². The van der Waals surface area contributed by atoms with E-state index in [1.54, 1.807) is 24.3 Å². The molecule has 0 spiro atoms. The number of hydrogen-bond acceptors (Lipinski definition) is 3. The van der Waals surface area contributed by atoms with E-state index in [1.165, 1.54) is 0 Å². The third kappa shape index (κ3) is 1.48. The zero-order chi connectivity index (χ0) is 9.97. The summed E-state index contributed by atoms with van der Waals surface area (Å²) in [5.74, 6) is -0.0932. The van der Waals surface area contributed by atoms with Gasteiger partial charge in [0.1, 0.15) is 0 Å². The number of benzene rings is 1. The van der Waals surface area contributed by atoms with Crippen molar-refractivity contribution in [3.63, 3.8) is 0 Å². The summed E-state index contributed by atoms with van der Waals surface area (Å²) in [7, 11) is 0. The van der Waals surface area contributed by atoms with Gasteiger partial charge in [-0.25, -0.2) is 5.43 Å². The number of carbonyl (C=O) groups excluding carboxylic acids is 1. The predicted octanol–water partition coefficient (Wildman–Crippen LogP) is 0.782. The molecular formula is C10H7N3O. The molecule has 2 rings (SSSR count). The minimum Gasteiger partial charge on any atom is -0.273 e. The first-order valence-electron chi connectivity index (χ1n) is 4.15. The smallest absolute Gasteiger partial charge is 0.246 e. The number of nitrogens with zero attached hydrogens (tertiary/aromatic N) is 2. The molecule has 1 aromatic rings. The largest absolute Gasteiger partial charge is 0.273 e. The molecule has 0 atom stereocenters. The highest BCUT2D eigenvalue weighted by Gasteiger charge is 2.15. The van der Waals surface area contributed by atoms with Gasteiger partial charge in [0.25, 0.3) is 0 Å². The third-order valence-corrected chi connectivity index (χ3v) is 1.99. The average molecular weight is 185 g/mol. The Kier molecular flexibility index (Phi) is 1.99. The molecule has 4 heteroatoms. The number of rotatable bonds is 1. The van der Waals surface area contributed by atoms with Crippen molar-refractivity contribution in [3.05, 3.63) is 35.4 Å². The molecule has 0 saturated carbocycles. The van der Waals surface area contributed by atoms with E-state index in [-0.39, 0.29) is 5.91 Å². The highest BCUT2D eigenvalue weighted by atomic mass is 16.2. The van der Waals surface area contributed by atoms with E-state index < -0.39 is 0 Å². The molecule has 1 aromatic carbocycles. The van der Waals surface area contributed by atoms with E-state index in [2.05, 4.69) is 10.5 Å². The SMILES string of the molecule is N#Cc1ccc(C2=NNC(=O)C2)cc1. The summed E-state index contributed by atoms with van der Waals surface area (Å²) in [6, 6.07) is 9.03. The molecule has 0 saturated heterocycles. The highest BCUT2D eigenvalue weighted by molar-refractivity contribution is 6.13. The van der Waals surface area contributed by atoms with E-state index in [0.717, 1.165) is 11.3 Å². The molecule has 0 fully saturated rings. The molecule has 1 heterocycles. The van der Waals surface area contributed by atoms with Gasteiger partial charge in [-0.15, -0.1) is 0 Å². The molecule has 0 radical (unpaired) electrons. The molecule has 0 aromatic heterocycles. The van der Waals surface area contributed by atoms with Crippen molar-refractivity contribution in [2.75, 3.05) is 0 Å². The molecule has 1 N–H and O–H groups in total. The van der Waals surface area contributed by atoms with Crippen LogP contribution in [-0.4, -0.2) is 11.6 Å². The van der Waals surface area contributed by atoms with Crippen LogP contribution in [0, 0.1) is 11.3 Å². The lowest BCUT2D eigenvalue weighted by molar-refractivity contribution is -0.119. The minimum absolute atomic E-state index is 0.0932. The molecule has 68 valence electrons. The number of amides is 1. The molecule has 4 nitrogen and oxygen atoms in total. The van der Waals surface area contributed by atoms with Crippen LogP contribution in [0.1, 0.15) is 17.5 Å². The lowest BCUT2D eigenvalue weighted by Crippen LogP contribution is -2.09. The maximum atomic E-state index is 10.9. The monoisotopic (exact) mass is 185 g/mol. The Hall–Kier alpha value is -2.15. The van der Waals surface area contributed by atoms with Crippen molar-refractivity contribution < 1.29 is 4.79 Å². The second-order valence-electron chi connectivity index (χ2n) is 2.96. The van der Waals surface area contributed by atoms with E-state index in [1.807, 2.05) is 6.07 Å². The highest BCUT2D eigenvalue weighted by Crippen LogP contribution is 2.09. The van der Waals surface area contributed by atoms with E-state index in [4.69, 9.17) is 5.26 Å². The number of nitrogens with one attached hydrogen (secondary N) is 1. The summed E-state index contributed by atoms with van der Waals surface area (Å²) in [6.45, 7) is 0. The van der Waals surface area contributed by atoms with Gasteiger partial charge >= 0.3 is 0 Å². The molecule has 0 bridgehead atoms. The van der Waals surface area contributed by atoms with Crippen LogP contribution < -0.4 is 5.43 Å². The van der Waals surface area contributed by atoms with Crippen molar-refractivity contribution in [2.45, 2.75) is 6.42 Å². The molecule has 1 aliphatic heterocycles. The normalized spacial score (nSPS) is 14.5. The van der Waals surface area contributed by atoms with Gasteiger partial charge in [0.15, 0.2) is 0 Å². The Bertz CT molecular complexity index is 439. The molecule has 0 aliphatic carbocycles. The van der Waals surface area contributed by atoms with E-state index >= 15 is 0 Å². The van der Waals surface area contributed by atoms with Crippen LogP contribution >= 0.6 is 0 Å². The van der Waals surface area contributed by atoms with Gasteiger partial charge in [0.2, 0.25) is 5.91 Å². The summed E-state index contributed by atoms with van der Waals surface area (Å²) in [6.07, 6.45) is 0.311. The van der Waals surface area contributed by atoms with Crippen LogP contribution in [0.3, 0.4) is 0 Å². The van der Waals surface area contributed by atoms with Gasteiger partial charge in [-0.1, -0.05) is 12.1 Å². The number of nitriles is 1. The van der Waals surface area contributed by atoms with Crippen LogP contribution in [0.4, 0.5) is 0 Å². The first-order valence-corrected chi connectivity index (χ1v) is 4.15. The lowest BCUT2D eigenvalue weighted by atomic mass is 10.1. The van der Waals surface area contributed by atoms with Crippen LogP contribution in [0.5, 0.6) is 0 Å². The third-order valence-electron chi connectivity index (χ3n) is 1.99. The van der Waals surface area contributed by atoms with Gasteiger partial charge < -0.3 is 0 Å². The van der Waals surface area contributed by atoms with E-state index in [9.17, 15) is 4.79 Å². The Balaban J connectivity index is 2.27. The second kappa shape index (κ2) is 3.30. The molecule has 14 heavy (non-hydrogen) atoms. The topological polar surface area (TPSA) is 65.2 Å². The predicted molar refractivity (Wildman–Crippen MR) is 50.5 cm³/mol. The maximum Gasteiger partial charge on any atom is 0.246 e. The Morgan fingerprint density at radius 3 is 2.57 bits per heavy atom. The zero-order valence-electron chi connectivity index (χ0n) is 7.32. The maximum absolute atomic E-state index is 10.9. The van der Waals surface area contributed by atoms with Gasteiger partial charge in [-0.3, -0.25) is 4.79 Å². The first-order chi connectivity index (χ1) is 6.79. The van der Waals surface area contributed by atoms with Gasteiger partial charge in [0, 0.05) is 0 Å². The lowest BCUT2D eigenvalue weighted by Gasteiger charge is -1.96. The summed E-state index contributed by atoms with van der Waals surface area (Å²) < 4.78 is 0. The fourth-order valence-electron chi connectivity index (χ4n) is 1.26. The zero-order valence-corrected chi connectivity index (χ0v) is 7.32. The second-order valence-corrected chi connectivity index (χ2v) is 2.96. The Labute approximate surface area is 80.9 Å². The fourth-order valence-corrected chi connectivity index (χ4v) is 1.26. The standard InChI is InChI=1S/C10H7N3O/c11-6-7-1-3-8(4-2-7)9-5-10(14)13-12-9/h1-4H,5H2,(H,13,14). The fraction of sp³-hybridized carbons (Fsp3) is 0.100. The summed E-state index contributed by atoms with van der Waals surface area (Å²) in [4.78, 5) is 10.9. The molecular weight excluding hydrogens is 178 g/mol. The minimum atomic E-state index is -0.0932. The first kappa shape index (κ1) is 8.45. The van der Waals surface area contributed by atoms with Gasteiger partial charge in [-0.2, -0.15) is 10.4 Å². The van der Waals surface area contributed by atoms with Crippen LogP contribution in [-0.2, 0) is 4.79 Å². The summed E-state index contributed by atoms with van der Waals surface area (Å²) >= 11 is 0. The van der Waals surface area contributed by atoms with Crippen LogP contribution in [0.15, 0.2) is 29.4 Å². The van der Waals surface area contributed by atoms with Crippen molar-refractivity contribution in [1.29, 1.82) is 5.26 Å².